The summed E-state index contributed by atoms with van der Waals surface area (Å²) in [6.07, 6.45) is 3.71. The van der Waals surface area contributed by atoms with Crippen LogP contribution in [0.15, 0.2) is 36.7 Å². The van der Waals surface area contributed by atoms with Gasteiger partial charge in [0, 0.05) is 36.9 Å². The van der Waals surface area contributed by atoms with Gasteiger partial charge in [-0.1, -0.05) is 23.7 Å². The molecule has 1 saturated heterocycles. The van der Waals surface area contributed by atoms with Gasteiger partial charge in [0.1, 0.15) is 5.60 Å². The maximum absolute atomic E-state index is 12.5. The fraction of sp³-hybridized carbons (Fsp3) is 0.412. The number of morpholine rings is 1. The Morgan fingerprint density at radius 3 is 3.04 bits per heavy atom. The van der Waals surface area contributed by atoms with E-state index in [1.807, 2.05) is 44.4 Å². The van der Waals surface area contributed by atoms with E-state index in [1.165, 1.54) is 0 Å². The summed E-state index contributed by atoms with van der Waals surface area (Å²) in [6.45, 7) is 3.98. The van der Waals surface area contributed by atoms with E-state index >= 15 is 0 Å². The van der Waals surface area contributed by atoms with E-state index in [0.29, 0.717) is 31.3 Å². The van der Waals surface area contributed by atoms with Gasteiger partial charge in [-0.3, -0.25) is 4.68 Å². The normalized spacial score (nSPS) is 20.9. The highest BCUT2D eigenvalue weighted by atomic mass is 35.5. The summed E-state index contributed by atoms with van der Waals surface area (Å²) in [5.41, 5.74) is 1.40. The third kappa shape index (κ3) is 3.71. The molecule has 7 heteroatoms. The Bertz CT molecular complexity index is 733. The lowest BCUT2D eigenvalue weighted by Crippen LogP contribution is -2.53. The lowest BCUT2D eigenvalue weighted by Gasteiger charge is -2.40. The van der Waals surface area contributed by atoms with Crippen LogP contribution in [0.3, 0.4) is 0 Å². The van der Waals surface area contributed by atoms with Crippen molar-refractivity contribution < 1.29 is 9.53 Å². The number of urea groups is 1. The molecule has 0 unspecified atom stereocenters. The first-order chi connectivity index (χ1) is 11.5. The molecule has 1 atom stereocenters. The third-order valence-electron chi connectivity index (χ3n) is 4.21. The van der Waals surface area contributed by atoms with Gasteiger partial charge in [0.25, 0.3) is 0 Å². The van der Waals surface area contributed by atoms with Gasteiger partial charge in [0.2, 0.25) is 0 Å². The number of hydrogen-bond donors (Lipinski definition) is 1. The summed E-state index contributed by atoms with van der Waals surface area (Å²) in [5.74, 6) is 0. The Morgan fingerprint density at radius 1 is 1.50 bits per heavy atom. The molecule has 3 rings (SSSR count). The molecule has 24 heavy (non-hydrogen) atoms. The summed E-state index contributed by atoms with van der Waals surface area (Å²) >= 11 is 5.97. The summed E-state index contributed by atoms with van der Waals surface area (Å²) in [7, 11) is 1.87. The van der Waals surface area contributed by atoms with Crippen LogP contribution in [0.1, 0.15) is 18.1 Å². The second kappa shape index (κ2) is 6.83. The zero-order valence-electron chi connectivity index (χ0n) is 13.8. The van der Waals surface area contributed by atoms with Crippen LogP contribution in [0.5, 0.6) is 0 Å². The van der Waals surface area contributed by atoms with E-state index in [0.717, 1.165) is 11.1 Å². The number of carbonyl (C=O) groups excluding carboxylic acids is 1. The van der Waals surface area contributed by atoms with Crippen molar-refractivity contribution in [3.8, 4) is 0 Å². The number of nitrogens with zero attached hydrogens (tertiary/aromatic N) is 3. The summed E-state index contributed by atoms with van der Waals surface area (Å²) < 4.78 is 7.67. The summed E-state index contributed by atoms with van der Waals surface area (Å²) in [4.78, 5) is 14.3. The first-order valence-corrected chi connectivity index (χ1v) is 8.24. The van der Waals surface area contributed by atoms with Crippen LogP contribution in [-0.4, -0.2) is 40.4 Å². The average Bonchev–Trinajstić information content (AvgIpc) is 3.00. The van der Waals surface area contributed by atoms with Gasteiger partial charge in [-0.2, -0.15) is 5.10 Å². The molecule has 1 aliphatic heterocycles. The van der Waals surface area contributed by atoms with Crippen LogP contribution in [0.4, 0.5) is 4.79 Å². The maximum Gasteiger partial charge on any atom is 0.317 e. The molecule has 1 aromatic carbocycles. The molecule has 0 saturated carbocycles. The highest BCUT2D eigenvalue weighted by Gasteiger charge is 2.36. The Balaban J connectivity index is 1.62. The van der Waals surface area contributed by atoms with E-state index in [2.05, 4.69) is 10.4 Å². The number of nitrogens with one attached hydrogen (secondary N) is 1. The van der Waals surface area contributed by atoms with Crippen LogP contribution in [0, 0.1) is 0 Å². The van der Waals surface area contributed by atoms with Gasteiger partial charge >= 0.3 is 6.03 Å². The minimum absolute atomic E-state index is 0.103. The molecule has 1 aliphatic rings. The van der Waals surface area contributed by atoms with Crippen molar-refractivity contribution in [2.45, 2.75) is 19.1 Å². The molecule has 0 bridgehead atoms. The third-order valence-corrected chi connectivity index (χ3v) is 4.45. The molecule has 0 radical (unpaired) electrons. The quantitative estimate of drug-likeness (QED) is 0.927. The van der Waals surface area contributed by atoms with Crippen molar-refractivity contribution in [1.29, 1.82) is 0 Å². The zero-order chi connectivity index (χ0) is 17.2. The van der Waals surface area contributed by atoms with Crippen LogP contribution in [0.2, 0.25) is 5.02 Å². The van der Waals surface area contributed by atoms with Crippen molar-refractivity contribution in [2.75, 3.05) is 19.7 Å². The molecule has 0 aliphatic carbocycles. The Morgan fingerprint density at radius 2 is 2.33 bits per heavy atom. The molecular formula is C17H21ClN4O2. The number of aryl methyl sites for hydroxylation is 1. The highest BCUT2D eigenvalue weighted by Crippen LogP contribution is 2.29. The van der Waals surface area contributed by atoms with E-state index in [-0.39, 0.29) is 6.03 Å². The standard InChI is InChI=1S/C17H21ClN4O2/c1-17(14-10-20-21(2)11-14)12-22(6-7-24-17)16(23)19-9-13-4-3-5-15(18)8-13/h3-5,8,10-11H,6-7,9,12H2,1-2H3,(H,19,23)/t17-/m0/s1. The number of aromatic nitrogens is 2. The van der Waals surface area contributed by atoms with Gasteiger partial charge in [0.05, 0.1) is 19.3 Å². The number of carbonyl (C=O) groups is 1. The van der Waals surface area contributed by atoms with E-state index in [4.69, 9.17) is 16.3 Å². The van der Waals surface area contributed by atoms with E-state index in [1.54, 1.807) is 15.8 Å². The second-order valence-electron chi connectivity index (χ2n) is 6.19. The van der Waals surface area contributed by atoms with Gasteiger partial charge in [0.15, 0.2) is 0 Å². The molecule has 2 heterocycles. The lowest BCUT2D eigenvalue weighted by atomic mass is 9.97. The van der Waals surface area contributed by atoms with Crippen molar-refractivity contribution >= 4 is 17.6 Å². The first-order valence-electron chi connectivity index (χ1n) is 7.86. The number of halogens is 1. The van der Waals surface area contributed by atoms with Crippen molar-refractivity contribution in [2.24, 2.45) is 7.05 Å². The van der Waals surface area contributed by atoms with Crippen molar-refractivity contribution in [3.63, 3.8) is 0 Å². The minimum atomic E-state index is -0.542. The van der Waals surface area contributed by atoms with Crippen LogP contribution in [-0.2, 0) is 23.9 Å². The fourth-order valence-electron chi connectivity index (χ4n) is 2.85. The van der Waals surface area contributed by atoms with Crippen LogP contribution >= 0.6 is 11.6 Å². The Hall–Kier alpha value is -2.05. The molecular weight excluding hydrogens is 328 g/mol. The smallest absolute Gasteiger partial charge is 0.317 e. The molecule has 1 aromatic heterocycles. The number of benzene rings is 1. The van der Waals surface area contributed by atoms with Gasteiger partial charge in [-0.15, -0.1) is 0 Å². The van der Waals surface area contributed by atoms with Gasteiger partial charge in [-0.25, -0.2) is 4.79 Å². The van der Waals surface area contributed by atoms with Crippen LogP contribution < -0.4 is 5.32 Å². The second-order valence-corrected chi connectivity index (χ2v) is 6.63. The van der Waals surface area contributed by atoms with Crippen molar-refractivity contribution in [1.82, 2.24) is 20.0 Å². The number of amides is 2. The van der Waals surface area contributed by atoms with Gasteiger partial charge in [-0.05, 0) is 24.6 Å². The zero-order valence-corrected chi connectivity index (χ0v) is 14.6. The lowest BCUT2D eigenvalue weighted by molar-refractivity contribution is -0.0907. The maximum atomic E-state index is 12.5. The molecule has 2 amide bonds. The van der Waals surface area contributed by atoms with Gasteiger partial charge < -0.3 is 15.0 Å². The molecule has 128 valence electrons. The Kier molecular flexibility index (Phi) is 4.78. The molecule has 2 aromatic rings. The molecule has 6 nitrogen and oxygen atoms in total. The Labute approximate surface area is 146 Å². The molecule has 1 N–H and O–H groups in total. The number of rotatable bonds is 3. The van der Waals surface area contributed by atoms with Crippen molar-refractivity contribution in [3.05, 3.63) is 52.8 Å². The number of hydrogen-bond acceptors (Lipinski definition) is 3. The average molecular weight is 349 g/mol. The summed E-state index contributed by atoms with van der Waals surface area (Å²) in [5, 5.41) is 7.80. The predicted octanol–water partition coefficient (Wildman–Crippen LogP) is 2.53. The predicted molar refractivity (Wildman–Crippen MR) is 91.8 cm³/mol. The number of ether oxygens (including phenoxy) is 1. The minimum Gasteiger partial charge on any atom is -0.367 e. The highest BCUT2D eigenvalue weighted by molar-refractivity contribution is 6.30. The fourth-order valence-corrected chi connectivity index (χ4v) is 3.06. The topological polar surface area (TPSA) is 59.4 Å². The summed E-state index contributed by atoms with van der Waals surface area (Å²) in [6, 6.07) is 7.37. The molecule has 0 spiro atoms. The van der Waals surface area contributed by atoms with E-state index in [9.17, 15) is 4.79 Å². The van der Waals surface area contributed by atoms with E-state index < -0.39 is 5.60 Å². The SMILES string of the molecule is Cn1cc([C@]2(C)CN(C(=O)NCc3cccc(Cl)c3)CCO2)cn1. The monoisotopic (exact) mass is 348 g/mol. The first kappa shape index (κ1) is 16.8. The molecule has 1 fully saturated rings. The largest absolute Gasteiger partial charge is 0.367 e. The van der Waals surface area contributed by atoms with Crippen LogP contribution in [0.25, 0.3) is 0 Å².